The number of nitro groups is 1. The first-order valence-electron chi connectivity index (χ1n) is 8.07. The van der Waals surface area contributed by atoms with E-state index < -0.39 is 17.0 Å². The van der Waals surface area contributed by atoms with Crippen LogP contribution in [0.15, 0.2) is 59.4 Å². The topological polar surface area (TPSA) is 115 Å². The molecule has 0 saturated carbocycles. The van der Waals surface area contributed by atoms with Crippen LogP contribution in [0.2, 0.25) is 0 Å². The molecule has 0 fully saturated rings. The zero-order chi connectivity index (χ0) is 19.4. The molecule has 3 rings (SSSR count). The second kappa shape index (κ2) is 7.61. The summed E-state index contributed by atoms with van der Waals surface area (Å²) in [6.45, 7) is 1.57. The summed E-state index contributed by atoms with van der Waals surface area (Å²) in [5, 5.41) is 11.4. The Balaban J connectivity index is 1.77. The molecule has 1 N–H and O–H groups in total. The van der Waals surface area contributed by atoms with E-state index in [1.165, 1.54) is 24.3 Å². The van der Waals surface area contributed by atoms with Crippen LogP contribution in [0.4, 0.5) is 5.69 Å². The van der Waals surface area contributed by atoms with Gasteiger partial charge in [0.25, 0.3) is 11.2 Å². The number of nitrogens with zero attached hydrogens (tertiary/aromatic N) is 2. The fraction of sp³-hybridized carbons (Fsp3) is 0.105. The Morgan fingerprint density at radius 2 is 1.93 bits per heavy atom. The lowest BCUT2D eigenvalue weighted by Gasteiger charge is -2.11. The number of nitrogens with one attached hydrogen (secondary N) is 1. The molecule has 136 valence electrons. The van der Waals surface area contributed by atoms with Gasteiger partial charge in [0.1, 0.15) is 0 Å². The van der Waals surface area contributed by atoms with Crippen molar-refractivity contribution >= 4 is 28.6 Å². The van der Waals surface area contributed by atoms with E-state index in [9.17, 15) is 19.7 Å². The van der Waals surface area contributed by atoms with Gasteiger partial charge in [-0.3, -0.25) is 14.9 Å². The van der Waals surface area contributed by atoms with Crippen LogP contribution in [-0.4, -0.2) is 20.9 Å². The molecule has 1 heterocycles. The normalized spacial score (nSPS) is 12.2. The molecule has 0 saturated heterocycles. The van der Waals surface area contributed by atoms with Gasteiger partial charge in [-0.1, -0.05) is 24.3 Å². The number of para-hydroxylation sites is 2. The van der Waals surface area contributed by atoms with Crippen LogP contribution in [0.5, 0.6) is 0 Å². The van der Waals surface area contributed by atoms with Crippen LogP contribution in [-0.2, 0) is 9.53 Å². The van der Waals surface area contributed by atoms with E-state index in [4.69, 9.17) is 4.74 Å². The number of hydrogen-bond donors (Lipinski definition) is 1. The molecule has 8 heteroatoms. The number of fused-ring (bicyclic) bond motifs is 1. The number of ether oxygens (including phenoxy) is 1. The lowest BCUT2D eigenvalue weighted by Crippen LogP contribution is -2.16. The second-order valence-electron chi connectivity index (χ2n) is 5.70. The molecule has 1 atom stereocenters. The summed E-state index contributed by atoms with van der Waals surface area (Å²) >= 11 is 0. The van der Waals surface area contributed by atoms with Gasteiger partial charge in [-0.25, -0.2) is 9.78 Å². The Kier molecular flexibility index (Phi) is 5.07. The molecule has 1 unspecified atom stereocenters. The predicted octanol–water partition coefficient (Wildman–Crippen LogP) is 3.15. The quantitative estimate of drug-likeness (QED) is 0.321. The van der Waals surface area contributed by atoms with Crippen molar-refractivity contribution in [1.82, 2.24) is 9.97 Å². The van der Waals surface area contributed by atoms with Crippen LogP contribution < -0.4 is 5.56 Å². The van der Waals surface area contributed by atoms with Gasteiger partial charge in [0.2, 0.25) is 0 Å². The Morgan fingerprint density at radius 3 is 2.70 bits per heavy atom. The van der Waals surface area contributed by atoms with E-state index in [0.29, 0.717) is 10.9 Å². The summed E-state index contributed by atoms with van der Waals surface area (Å²) in [5.41, 5.74) is 0.336. The Labute approximate surface area is 153 Å². The van der Waals surface area contributed by atoms with Gasteiger partial charge in [-0.05, 0) is 31.2 Å². The molecular formula is C19H15N3O5. The van der Waals surface area contributed by atoms with Crippen LogP contribution in [0.1, 0.15) is 24.4 Å². The number of rotatable bonds is 5. The zero-order valence-electron chi connectivity index (χ0n) is 14.3. The van der Waals surface area contributed by atoms with E-state index in [-0.39, 0.29) is 22.6 Å². The maximum Gasteiger partial charge on any atom is 0.331 e. The summed E-state index contributed by atoms with van der Waals surface area (Å²) in [4.78, 5) is 41.5. The van der Waals surface area contributed by atoms with E-state index in [2.05, 4.69) is 9.97 Å². The number of aromatic nitrogens is 2. The first-order valence-corrected chi connectivity index (χ1v) is 8.07. The molecule has 0 amide bonds. The lowest BCUT2D eigenvalue weighted by molar-refractivity contribution is -0.385. The molecule has 3 aromatic rings. The minimum absolute atomic E-state index is 0.116. The molecule has 2 aromatic carbocycles. The lowest BCUT2D eigenvalue weighted by atomic mass is 10.1. The highest BCUT2D eigenvalue weighted by Gasteiger charge is 2.15. The van der Waals surface area contributed by atoms with Gasteiger partial charge in [0.15, 0.2) is 11.9 Å². The first kappa shape index (κ1) is 18.0. The van der Waals surface area contributed by atoms with Gasteiger partial charge in [0, 0.05) is 12.1 Å². The molecule has 0 aliphatic rings. The smallest absolute Gasteiger partial charge is 0.331 e. The van der Waals surface area contributed by atoms with Crippen molar-refractivity contribution in [3.8, 4) is 0 Å². The van der Waals surface area contributed by atoms with Crippen LogP contribution >= 0.6 is 0 Å². The van der Waals surface area contributed by atoms with Gasteiger partial charge >= 0.3 is 5.97 Å². The highest BCUT2D eigenvalue weighted by Crippen LogP contribution is 2.19. The predicted molar refractivity (Wildman–Crippen MR) is 99.0 cm³/mol. The van der Waals surface area contributed by atoms with Crippen molar-refractivity contribution in [3.05, 3.63) is 86.5 Å². The second-order valence-corrected chi connectivity index (χ2v) is 5.70. The fourth-order valence-electron chi connectivity index (χ4n) is 2.52. The van der Waals surface area contributed by atoms with Crippen LogP contribution in [0.25, 0.3) is 17.0 Å². The molecule has 27 heavy (non-hydrogen) atoms. The number of esters is 1. The third-order valence-electron chi connectivity index (χ3n) is 3.84. The molecule has 0 radical (unpaired) electrons. The number of carbonyl (C=O) groups is 1. The summed E-state index contributed by atoms with van der Waals surface area (Å²) in [6.07, 6.45) is 1.60. The van der Waals surface area contributed by atoms with Crippen molar-refractivity contribution < 1.29 is 14.5 Å². The first-order chi connectivity index (χ1) is 13.0. The Morgan fingerprint density at radius 1 is 1.22 bits per heavy atom. The molecule has 0 aliphatic carbocycles. The van der Waals surface area contributed by atoms with Crippen LogP contribution in [0, 0.1) is 10.1 Å². The number of H-pyrrole nitrogens is 1. The zero-order valence-corrected chi connectivity index (χ0v) is 14.3. The van der Waals surface area contributed by atoms with Gasteiger partial charge in [-0.15, -0.1) is 0 Å². The summed E-state index contributed by atoms with van der Waals surface area (Å²) < 4.78 is 5.23. The van der Waals surface area contributed by atoms with E-state index in [1.807, 2.05) is 0 Å². The van der Waals surface area contributed by atoms with E-state index in [1.54, 1.807) is 37.3 Å². The Bertz CT molecular complexity index is 1100. The molecule has 0 aliphatic heterocycles. The third-order valence-corrected chi connectivity index (χ3v) is 3.84. The van der Waals surface area contributed by atoms with Gasteiger partial charge < -0.3 is 9.72 Å². The summed E-state index contributed by atoms with van der Waals surface area (Å²) in [6, 6.07) is 12.9. The molecular weight excluding hydrogens is 350 g/mol. The standard InChI is InChI=1S/C19H15N3O5/c1-12(18-20-15-8-4-3-7-14(15)19(24)21-18)27-17(23)11-10-13-6-2-5-9-16(13)22(25)26/h2-12H,1H3,(H,20,21,24)/b11-10+. The molecule has 1 aromatic heterocycles. The maximum absolute atomic E-state index is 12.1. The molecule has 8 nitrogen and oxygen atoms in total. The SMILES string of the molecule is CC(OC(=O)/C=C/c1ccccc1[N+](=O)[O-])c1nc2ccccc2c(=O)[nH]1. The monoisotopic (exact) mass is 365 g/mol. The van der Waals surface area contributed by atoms with Gasteiger partial charge in [-0.2, -0.15) is 0 Å². The highest BCUT2D eigenvalue weighted by atomic mass is 16.6. The highest BCUT2D eigenvalue weighted by molar-refractivity contribution is 5.88. The van der Waals surface area contributed by atoms with Crippen molar-refractivity contribution in [2.24, 2.45) is 0 Å². The largest absolute Gasteiger partial charge is 0.451 e. The summed E-state index contributed by atoms with van der Waals surface area (Å²) in [5.74, 6) is -0.498. The Hall–Kier alpha value is -3.81. The number of nitro benzene ring substituents is 1. The van der Waals surface area contributed by atoms with Crippen molar-refractivity contribution in [2.75, 3.05) is 0 Å². The number of hydrogen-bond acceptors (Lipinski definition) is 6. The van der Waals surface area contributed by atoms with Gasteiger partial charge in [0.05, 0.1) is 21.4 Å². The van der Waals surface area contributed by atoms with Crippen molar-refractivity contribution in [3.63, 3.8) is 0 Å². The van der Waals surface area contributed by atoms with Crippen molar-refractivity contribution in [2.45, 2.75) is 13.0 Å². The average Bonchev–Trinajstić information content (AvgIpc) is 2.66. The van der Waals surface area contributed by atoms with Crippen molar-refractivity contribution in [1.29, 1.82) is 0 Å². The van der Waals surface area contributed by atoms with E-state index >= 15 is 0 Å². The molecule has 0 spiro atoms. The maximum atomic E-state index is 12.1. The fourth-order valence-corrected chi connectivity index (χ4v) is 2.52. The van der Waals surface area contributed by atoms with E-state index in [0.717, 1.165) is 6.08 Å². The minimum Gasteiger partial charge on any atom is -0.451 e. The number of benzene rings is 2. The third kappa shape index (κ3) is 4.06. The average molecular weight is 365 g/mol. The van der Waals surface area contributed by atoms with Crippen LogP contribution in [0.3, 0.4) is 0 Å². The minimum atomic E-state index is -0.801. The molecule has 0 bridgehead atoms. The summed E-state index contributed by atoms with van der Waals surface area (Å²) in [7, 11) is 0. The number of aromatic amines is 1. The number of carbonyl (C=O) groups excluding carboxylic acids is 1.